The fourth-order valence-corrected chi connectivity index (χ4v) is 2.17. The molecule has 0 saturated carbocycles. The van der Waals surface area contributed by atoms with Gasteiger partial charge in [0.1, 0.15) is 0 Å². The second-order valence-corrected chi connectivity index (χ2v) is 4.91. The number of carbonyl (C=O) groups is 1. The second kappa shape index (κ2) is 5.03. The zero-order valence-electron chi connectivity index (χ0n) is 9.21. The van der Waals surface area contributed by atoms with E-state index >= 15 is 0 Å². The largest absolute Gasteiger partial charge is 0.480 e. The van der Waals surface area contributed by atoms with Crippen molar-refractivity contribution in [1.29, 1.82) is 0 Å². The molecule has 1 aromatic heterocycles. The van der Waals surface area contributed by atoms with Gasteiger partial charge in [0.05, 0.1) is 5.02 Å². The number of aromatic nitrogens is 4. The number of hydrogen-bond acceptors (Lipinski definition) is 4. The standard InChI is InChI=1S/C10H8BrClN4O2/c1-5(10(17)18)16-9(13-14-15-16)7-3-2-6(11)4-8(7)12/h2-5H,1H3,(H,17,18). The van der Waals surface area contributed by atoms with Crippen molar-refractivity contribution in [2.45, 2.75) is 13.0 Å². The van der Waals surface area contributed by atoms with E-state index in [1.807, 2.05) is 0 Å². The van der Waals surface area contributed by atoms with E-state index in [1.165, 1.54) is 11.6 Å². The maximum Gasteiger partial charge on any atom is 0.328 e. The molecule has 8 heteroatoms. The van der Waals surface area contributed by atoms with Gasteiger partial charge in [-0.25, -0.2) is 9.48 Å². The van der Waals surface area contributed by atoms with Crippen LogP contribution in [0.4, 0.5) is 0 Å². The average Bonchev–Trinajstić information content (AvgIpc) is 2.76. The molecule has 2 aromatic rings. The number of rotatable bonds is 3. The molecular formula is C10H8BrClN4O2. The molecule has 2 rings (SSSR count). The summed E-state index contributed by atoms with van der Waals surface area (Å²) in [4.78, 5) is 11.0. The first-order chi connectivity index (χ1) is 8.50. The summed E-state index contributed by atoms with van der Waals surface area (Å²) in [6.45, 7) is 1.49. The van der Waals surface area contributed by atoms with Gasteiger partial charge in [0, 0.05) is 10.0 Å². The molecule has 0 radical (unpaired) electrons. The Morgan fingerprint density at radius 2 is 2.28 bits per heavy atom. The lowest BCUT2D eigenvalue weighted by molar-refractivity contribution is -0.140. The van der Waals surface area contributed by atoms with Gasteiger partial charge >= 0.3 is 5.97 Å². The maximum atomic E-state index is 11.0. The molecule has 18 heavy (non-hydrogen) atoms. The number of tetrazole rings is 1. The first-order valence-corrected chi connectivity index (χ1v) is 6.14. The average molecular weight is 332 g/mol. The first kappa shape index (κ1) is 13.0. The molecule has 0 aliphatic carbocycles. The topological polar surface area (TPSA) is 80.9 Å². The van der Waals surface area contributed by atoms with Gasteiger partial charge in [0.15, 0.2) is 11.9 Å². The van der Waals surface area contributed by atoms with E-state index < -0.39 is 12.0 Å². The summed E-state index contributed by atoms with van der Waals surface area (Å²) in [5, 5.41) is 20.4. The van der Waals surface area contributed by atoms with Crippen molar-refractivity contribution < 1.29 is 9.90 Å². The Bertz CT molecular complexity index is 601. The zero-order chi connectivity index (χ0) is 13.3. The Morgan fingerprint density at radius 1 is 1.56 bits per heavy atom. The monoisotopic (exact) mass is 330 g/mol. The van der Waals surface area contributed by atoms with Crippen LogP contribution >= 0.6 is 27.5 Å². The van der Waals surface area contributed by atoms with Crippen molar-refractivity contribution >= 4 is 33.5 Å². The van der Waals surface area contributed by atoms with Crippen molar-refractivity contribution in [1.82, 2.24) is 20.2 Å². The molecule has 1 unspecified atom stereocenters. The Labute approximate surface area is 116 Å². The highest BCUT2D eigenvalue weighted by molar-refractivity contribution is 9.10. The van der Waals surface area contributed by atoms with Crippen LogP contribution in [0.25, 0.3) is 11.4 Å². The number of hydrogen-bond donors (Lipinski definition) is 1. The Morgan fingerprint density at radius 3 is 2.89 bits per heavy atom. The van der Waals surface area contributed by atoms with Crippen LogP contribution in [0.15, 0.2) is 22.7 Å². The van der Waals surface area contributed by atoms with Crippen LogP contribution in [0.3, 0.4) is 0 Å². The van der Waals surface area contributed by atoms with Gasteiger partial charge in [-0.15, -0.1) is 5.10 Å². The van der Waals surface area contributed by atoms with Crippen LogP contribution in [0.2, 0.25) is 5.02 Å². The second-order valence-electron chi connectivity index (χ2n) is 3.59. The number of halogens is 2. The minimum atomic E-state index is -1.02. The van der Waals surface area contributed by atoms with E-state index in [0.29, 0.717) is 16.4 Å². The van der Waals surface area contributed by atoms with Gasteiger partial charge in [-0.1, -0.05) is 27.5 Å². The normalized spacial score (nSPS) is 12.4. The molecule has 94 valence electrons. The first-order valence-electron chi connectivity index (χ1n) is 4.97. The summed E-state index contributed by atoms with van der Waals surface area (Å²) < 4.78 is 2.04. The van der Waals surface area contributed by atoms with E-state index in [9.17, 15) is 4.79 Å². The molecule has 1 aromatic carbocycles. The lowest BCUT2D eigenvalue weighted by Crippen LogP contribution is -2.18. The fourth-order valence-electron chi connectivity index (χ4n) is 1.41. The van der Waals surface area contributed by atoms with E-state index in [0.717, 1.165) is 4.47 Å². The molecule has 0 spiro atoms. The van der Waals surface area contributed by atoms with Gasteiger partial charge in [0.25, 0.3) is 0 Å². The highest BCUT2D eigenvalue weighted by Crippen LogP contribution is 2.29. The molecule has 1 heterocycles. The number of carboxylic acid groups (broad SMARTS) is 1. The SMILES string of the molecule is CC(C(=O)O)n1nnnc1-c1ccc(Br)cc1Cl. The molecule has 0 bridgehead atoms. The van der Waals surface area contributed by atoms with Crippen molar-refractivity contribution in [3.05, 3.63) is 27.7 Å². The number of carboxylic acids is 1. The third kappa shape index (κ3) is 2.37. The third-order valence-electron chi connectivity index (χ3n) is 2.39. The smallest absolute Gasteiger partial charge is 0.328 e. The molecule has 0 fully saturated rings. The number of aliphatic carboxylic acids is 1. The zero-order valence-corrected chi connectivity index (χ0v) is 11.6. The summed E-state index contributed by atoms with van der Waals surface area (Å²) in [6.07, 6.45) is 0. The summed E-state index contributed by atoms with van der Waals surface area (Å²) in [5.41, 5.74) is 0.581. The molecule has 0 saturated heterocycles. The van der Waals surface area contributed by atoms with Gasteiger partial charge < -0.3 is 5.11 Å². The van der Waals surface area contributed by atoms with Crippen LogP contribution in [-0.4, -0.2) is 31.3 Å². The highest BCUT2D eigenvalue weighted by Gasteiger charge is 2.21. The van der Waals surface area contributed by atoms with E-state index in [2.05, 4.69) is 31.5 Å². The minimum absolute atomic E-state index is 0.322. The molecular weight excluding hydrogens is 323 g/mol. The van der Waals surface area contributed by atoms with Gasteiger partial charge in [-0.05, 0) is 35.5 Å². The quantitative estimate of drug-likeness (QED) is 0.934. The summed E-state index contributed by atoms with van der Waals surface area (Å²) in [5.74, 6) is -0.695. The van der Waals surface area contributed by atoms with E-state index in [4.69, 9.17) is 16.7 Å². The van der Waals surface area contributed by atoms with Crippen molar-refractivity contribution in [2.24, 2.45) is 0 Å². The van der Waals surface area contributed by atoms with Crippen molar-refractivity contribution in [3.63, 3.8) is 0 Å². The van der Waals surface area contributed by atoms with Crippen LogP contribution in [-0.2, 0) is 4.79 Å². The van der Waals surface area contributed by atoms with E-state index in [1.54, 1.807) is 18.2 Å². The predicted molar refractivity (Wildman–Crippen MR) is 68.3 cm³/mol. The molecule has 0 amide bonds. The van der Waals surface area contributed by atoms with Crippen LogP contribution in [0.1, 0.15) is 13.0 Å². The molecule has 0 aliphatic rings. The third-order valence-corrected chi connectivity index (χ3v) is 3.20. The maximum absolute atomic E-state index is 11.0. The fraction of sp³-hybridized carbons (Fsp3) is 0.200. The number of nitrogens with zero attached hydrogens (tertiary/aromatic N) is 4. The predicted octanol–water partition coefficient (Wildman–Crippen LogP) is 2.40. The van der Waals surface area contributed by atoms with Gasteiger partial charge in [-0.2, -0.15) is 0 Å². The molecule has 1 atom stereocenters. The Kier molecular flexibility index (Phi) is 3.63. The number of benzene rings is 1. The molecule has 0 aliphatic heterocycles. The summed E-state index contributed by atoms with van der Waals surface area (Å²) in [6, 6.07) is 4.34. The van der Waals surface area contributed by atoms with Gasteiger partial charge in [0.2, 0.25) is 0 Å². The van der Waals surface area contributed by atoms with Crippen molar-refractivity contribution in [3.8, 4) is 11.4 Å². The molecule has 6 nitrogen and oxygen atoms in total. The Balaban J connectivity index is 2.52. The summed E-state index contributed by atoms with van der Waals surface area (Å²) in [7, 11) is 0. The van der Waals surface area contributed by atoms with Gasteiger partial charge in [-0.3, -0.25) is 0 Å². The van der Waals surface area contributed by atoms with Crippen LogP contribution < -0.4 is 0 Å². The Hall–Kier alpha value is -1.47. The lowest BCUT2D eigenvalue weighted by atomic mass is 10.2. The van der Waals surface area contributed by atoms with Crippen LogP contribution in [0.5, 0.6) is 0 Å². The highest BCUT2D eigenvalue weighted by atomic mass is 79.9. The minimum Gasteiger partial charge on any atom is -0.480 e. The summed E-state index contributed by atoms with van der Waals surface area (Å²) >= 11 is 9.38. The van der Waals surface area contributed by atoms with Crippen molar-refractivity contribution in [2.75, 3.05) is 0 Å². The van der Waals surface area contributed by atoms with E-state index in [-0.39, 0.29) is 0 Å². The lowest BCUT2D eigenvalue weighted by Gasteiger charge is -2.09. The molecule has 1 N–H and O–H groups in total. The van der Waals surface area contributed by atoms with Crippen LogP contribution in [0, 0.1) is 0 Å².